The third kappa shape index (κ3) is 2.94. The van der Waals surface area contributed by atoms with Crippen molar-refractivity contribution in [2.24, 2.45) is 7.05 Å². The van der Waals surface area contributed by atoms with Crippen molar-refractivity contribution in [3.63, 3.8) is 0 Å². The van der Waals surface area contributed by atoms with Crippen LogP contribution in [0.5, 0.6) is 0 Å². The van der Waals surface area contributed by atoms with E-state index in [1.54, 1.807) is 0 Å². The molecule has 0 aliphatic rings. The van der Waals surface area contributed by atoms with E-state index in [4.69, 9.17) is 11.6 Å². The van der Waals surface area contributed by atoms with E-state index in [1.165, 1.54) is 5.56 Å². The maximum Gasteiger partial charge on any atom is 0.123 e. The van der Waals surface area contributed by atoms with Gasteiger partial charge >= 0.3 is 0 Å². The Balaban J connectivity index is 1.75. The van der Waals surface area contributed by atoms with E-state index < -0.39 is 0 Å². The van der Waals surface area contributed by atoms with Crippen molar-refractivity contribution in [1.29, 1.82) is 0 Å². The van der Waals surface area contributed by atoms with E-state index in [2.05, 4.69) is 41.0 Å². The van der Waals surface area contributed by atoms with Gasteiger partial charge in [-0.25, -0.2) is 4.98 Å². The maximum atomic E-state index is 6.04. The number of hydrogen-bond donors (Lipinski definition) is 1. The van der Waals surface area contributed by atoms with Crippen molar-refractivity contribution in [2.75, 3.05) is 0 Å². The number of hydrogen-bond acceptors (Lipinski definition) is 2. The van der Waals surface area contributed by atoms with Gasteiger partial charge in [0.1, 0.15) is 5.82 Å². The smallest absolute Gasteiger partial charge is 0.123 e. The quantitative estimate of drug-likeness (QED) is 0.787. The second kappa shape index (κ2) is 5.88. The van der Waals surface area contributed by atoms with Crippen molar-refractivity contribution >= 4 is 22.6 Å². The molecule has 0 saturated carbocycles. The number of fused-ring (bicyclic) bond motifs is 1. The van der Waals surface area contributed by atoms with E-state index in [9.17, 15) is 0 Å². The molecule has 21 heavy (non-hydrogen) atoms. The fourth-order valence-corrected chi connectivity index (χ4v) is 2.69. The van der Waals surface area contributed by atoms with Gasteiger partial charge in [0.2, 0.25) is 0 Å². The molecular weight excluding hydrogens is 282 g/mol. The van der Waals surface area contributed by atoms with Gasteiger partial charge in [-0.15, -0.1) is 0 Å². The Bertz CT molecular complexity index is 764. The molecule has 0 amide bonds. The average Bonchev–Trinajstić information content (AvgIpc) is 2.82. The first-order chi connectivity index (χ1) is 10.1. The summed E-state index contributed by atoms with van der Waals surface area (Å²) in [4.78, 5) is 4.67. The molecule has 1 atom stereocenters. The van der Waals surface area contributed by atoms with Gasteiger partial charge in [0.05, 0.1) is 17.6 Å². The predicted molar refractivity (Wildman–Crippen MR) is 87.4 cm³/mol. The molecule has 0 aliphatic heterocycles. The zero-order valence-electron chi connectivity index (χ0n) is 12.2. The van der Waals surface area contributed by atoms with Crippen LogP contribution >= 0.6 is 11.6 Å². The van der Waals surface area contributed by atoms with Crippen LogP contribution in [0.15, 0.2) is 48.5 Å². The lowest BCUT2D eigenvalue weighted by molar-refractivity contribution is 0.551. The molecule has 0 saturated heterocycles. The molecule has 0 fully saturated rings. The number of nitrogens with zero attached hydrogens (tertiary/aromatic N) is 2. The van der Waals surface area contributed by atoms with Crippen molar-refractivity contribution in [3.05, 3.63) is 64.9 Å². The Morgan fingerprint density at radius 1 is 1.19 bits per heavy atom. The number of imidazole rings is 1. The van der Waals surface area contributed by atoms with Crippen LogP contribution in [-0.4, -0.2) is 9.55 Å². The van der Waals surface area contributed by atoms with Crippen LogP contribution in [0.2, 0.25) is 5.02 Å². The molecule has 1 N–H and O–H groups in total. The molecule has 3 aromatic rings. The summed E-state index contributed by atoms with van der Waals surface area (Å²) >= 11 is 6.04. The van der Waals surface area contributed by atoms with E-state index in [0.717, 1.165) is 28.4 Å². The normalized spacial score (nSPS) is 12.7. The SMILES string of the molecule is C[C@@H](NCc1nc2ccccc2n1C)c1cccc(Cl)c1. The van der Waals surface area contributed by atoms with E-state index in [1.807, 2.05) is 36.4 Å². The topological polar surface area (TPSA) is 29.9 Å². The minimum Gasteiger partial charge on any atom is -0.330 e. The van der Waals surface area contributed by atoms with Crippen molar-refractivity contribution in [3.8, 4) is 0 Å². The second-order valence-corrected chi connectivity index (χ2v) is 5.67. The highest BCUT2D eigenvalue weighted by molar-refractivity contribution is 6.30. The lowest BCUT2D eigenvalue weighted by atomic mass is 10.1. The number of benzene rings is 2. The second-order valence-electron chi connectivity index (χ2n) is 5.23. The fraction of sp³-hybridized carbons (Fsp3) is 0.235. The van der Waals surface area contributed by atoms with Gasteiger partial charge < -0.3 is 9.88 Å². The molecule has 0 spiro atoms. The highest BCUT2D eigenvalue weighted by Gasteiger charge is 2.10. The van der Waals surface area contributed by atoms with Crippen molar-refractivity contribution in [1.82, 2.24) is 14.9 Å². The Hall–Kier alpha value is -1.84. The predicted octanol–water partition coefficient (Wildman–Crippen LogP) is 4.08. The maximum absolute atomic E-state index is 6.04. The minimum atomic E-state index is 0.225. The van der Waals surface area contributed by atoms with E-state index in [0.29, 0.717) is 0 Å². The lowest BCUT2D eigenvalue weighted by Crippen LogP contribution is -2.20. The zero-order valence-corrected chi connectivity index (χ0v) is 12.9. The van der Waals surface area contributed by atoms with Gasteiger partial charge in [0.15, 0.2) is 0 Å². The molecule has 3 nitrogen and oxygen atoms in total. The number of halogens is 1. The number of para-hydroxylation sites is 2. The molecule has 4 heteroatoms. The van der Waals surface area contributed by atoms with Gasteiger partial charge in [-0.1, -0.05) is 35.9 Å². The van der Waals surface area contributed by atoms with Gasteiger partial charge in [-0.05, 0) is 36.8 Å². The standard InChI is InChI=1S/C17H18ClN3/c1-12(13-6-5-7-14(18)10-13)19-11-17-20-15-8-3-4-9-16(15)21(17)2/h3-10,12,19H,11H2,1-2H3/t12-/m1/s1. The summed E-state index contributed by atoms with van der Waals surface area (Å²) < 4.78 is 2.13. The largest absolute Gasteiger partial charge is 0.330 e. The molecular formula is C17H18ClN3. The fourth-order valence-electron chi connectivity index (χ4n) is 2.49. The molecule has 0 radical (unpaired) electrons. The van der Waals surface area contributed by atoms with Crippen LogP contribution in [-0.2, 0) is 13.6 Å². The van der Waals surface area contributed by atoms with E-state index >= 15 is 0 Å². The minimum absolute atomic E-state index is 0.225. The zero-order chi connectivity index (χ0) is 14.8. The summed E-state index contributed by atoms with van der Waals surface area (Å²) in [7, 11) is 2.05. The molecule has 0 aliphatic carbocycles. The first kappa shape index (κ1) is 14.1. The number of aromatic nitrogens is 2. The third-order valence-electron chi connectivity index (χ3n) is 3.79. The van der Waals surface area contributed by atoms with Crippen molar-refractivity contribution in [2.45, 2.75) is 19.5 Å². The monoisotopic (exact) mass is 299 g/mol. The first-order valence-corrected chi connectivity index (χ1v) is 7.42. The van der Waals surface area contributed by atoms with Crippen LogP contribution in [0.3, 0.4) is 0 Å². The molecule has 1 aromatic heterocycles. The van der Waals surface area contributed by atoms with Crippen molar-refractivity contribution < 1.29 is 0 Å². The average molecular weight is 300 g/mol. The molecule has 2 aromatic carbocycles. The van der Waals surface area contributed by atoms with Gasteiger partial charge in [0.25, 0.3) is 0 Å². The van der Waals surface area contributed by atoms with Crippen LogP contribution in [0.4, 0.5) is 0 Å². The number of rotatable bonds is 4. The summed E-state index contributed by atoms with van der Waals surface area (Å²) in [5.41, 5.74) is 3.37. The highest BCUT2D eigenvalue weighted by Crippen LogP contribution is 2.19. The van der Waals surface area contributed by atoms with Crippen LogP contribution in [0, 0.1) is 0 Å². The molecule has 1 heterocycles. The summed E-state index contributed by atoms with van der Waals surface area (Å²) in [6.07, 6.45) is 0. The van der Waals surface area contributed by atoms with Gasteiger partial charge in [-0.2, -0.15) is 0 Å². The molecule has 108 valence electrons. The van der Waals surface area contributed by atoms with E-state index in [-0.39, 0.29) is 6.04 Å². The van der Waals surface area contributed by atoms with Gasteiger partial charge in [0, 0.05) is 18.1 Å². The van der Waals surface area contributed by atoms with Gasteiger partial charge in [-0.3, -0.25) is 0 Å². The summed E-state index contributed by atoms with van der Waals surface area (Å²) in [5.74, 6) is 1.03. The summed E-state index contributed by atoms with van der Waals surface area (Å²) in [5, 5.41) is 4.27. The Kier molecular flexibility index (Phi) is 3.95. The number of nitrogens with one attached hydrogen (secondary N) is 1. The molecule has 0 unspecified atom stereocenters. The molecule has 3 rings (SSSR count). The van der Waals surface area contributed by atoms with Crippen LogP contribution in [0.1, 0.15) is 24.4 Å². The highest BCUT2D eigenvalue weighted by atomic mass is 35.5. The first-order valence-electron chi connectivity index (χ1n) is 7.04. The third-order valence-corrected chi connectivity index (χ3v) is 4.03. The molecule has 0 bridgehead atoms. The lowest BCUT2D eigenvalue weighted by Gasteiger charge is -2.14. The summed E-state index contributed by atoms with van der Waals surface area (Å²) in [6, 6.07) is 16.4. The Morgan fingerprint density at radius 3 is 2.76 bits per heavy atom. The number of aryl methyl sites for hydroxylation is 1. The Labute approximate surface area is 129 Å². The van der Waals surface area contributed by atoms with Crippen LogP contribution < -0.4 is 5.32 Å². The van der Waals surface area contributed by atoms with Crippen LogP contribution in [0.25, 0.3) is 11.0 Å². The summed E-state index contributed by atoms with van der Waals surface area (Å²) in [6.45, 7) is 2.85. The Morgan fingerprint density at radius 2 is 2.00 bits per heavy atom.